The Kier molecular flexibility index (Phi) is 3.36. The molecule has 0 unspecified atom stereocenters. The summed E-state index contributed by atoms with van der Waals surface area (Å²) in [7, 11) is 3.05. The van der Waals surface area contributed by atoms with Gasteiger partial charge in [0, 0.05) is 27.2 Å². The number of hydrogen-bond acceptors (Lipinski definition) is 6. The van der Waals surface area contributed by atoms with Gasteiger partial charge in [-0.1, -0.05) is 0 Å². The molecule has 3 heterocycles. The highest BCUT2D eigenvalue weighted by Gasteiger charge is 2.25. The molecule has 118 valence electrons. The van der Waals surface area contributed by atoms with Crippen LogP contribution >= 0.6 is 0 Å². The fourth-order valence-electron chi connectivity index (χ4n) is 2.66. The number of hydrogen-bond donors (Lipinski definition) is 1. The molecular formula is C13H18N6O3. The summed E-state index contributed by atoms with van der Waals surface area (Å²) in [6.07, 6.45) is 0.539. The summed E-state index contributed by atoms with van der Waals surface area (Å²) in [5, 5.41) is 15.1. The van der Waals surface area contributed by atoms with Crippen LogP contribution in [0, 0.1) is 0 Å². The first kappa shape index (κ1) is 14.5. The van der Waals surface area contributed by atoms with E-state index in [-0.39, 0.29) is 12.2 Å². The third-order valence-electron chi connectivity index (χ3n) is 3.77. The molecule has 0 aliphatic carbocycles. The molecule has 9 heteroatoms. The highest BCUT2D eigenvalue weighted by molar-refractivity contribution is 5.87. The summed E-state index contributed by atoms with van der Waals surface area (Å²) < 4.78 is 4.22. The van der Waals surface area contributed by atoms with E-state index in [0.29, 0.717) is 36.6 Å². The van der Waals surface area contributed by atoms with E-state index >= 15 is 0 Å². The average molecular weight is 306 g/mol. The van der Waals surface area contributed by atoms with Crippen LogP contribution in [0.1, 0.15) is 13.3 Å². The third-order valence-corrected chi connectivity index (χ3v) is 3.77. The van der Waals surface area contributed by atoms with Crippen molar-refractivity contribution in [1.82, 2.24) is 18.7 Å². The summed E-state index contributed by atoms with van der Waals surface area (Å²) in [5.41, 5.74) is 0.798. The zero-order valence-electron chi connectivity index (χ0n) is 12.8. The number of aryl methyl sites for hydroxylation is 1. The summed E-state index contributed by atoms with van der Waals surface area (Å²) >= 11 is 0. The van der Waals surface area contributed by atoms with Crippen molar-refractivity contribution in [2.75, 3.05) is 18.2 Å². The van der Waals surface area contributed by atoms with E-state index in [1.807, 2.05) is 6.92 Å². The molecule has 1 N–H and O–H groups in total. The maximum Gasteiger partial charge on any atom is 0.332 e. The molecule has 0 atom stereocenters. The van der Waals surface area contributed by atoms with Crippen molar-refractivity contribution >= 4 is 22.8 Å². The predicted octanol–water partition coefficient (Wildman–Crippen LogP) is -0.988. The van der Waals surface area contributed by atoms with Gasteiger partial charge in [0.1, 0.15) is 0 Å². The van der Waals surface area contributed by atoms with Gasteiger partial charge in [-0.2, -0.15) is 10.1 Å². The van der Waals surface area contributed by atoms with Crippen molar-refractivity contribution in [3.8, 4) is 0 Å². The SMILES string of the molecule is CC1=NN(CCCO)c2nc3c(c(=O)n(C)c(=O)n3C)n2C1. The first-order valence-electron chi connectivity index (χ1n) is 7.04. The lowest BCUT2D eigenvalue weighted by Crippen LogP contribution is -2.38. The van der Waals surface area contributed by atoms with Crippen LogP contribution in [0.3, 0.4) is 0 Å². The Morgan fingerprint density at radius 2 is 1.95 bits per heavy atom. The van der Waals surface area contributed by atoms with E-state index in [2.05, 4.69) is 10.1 Å². The van der Waals surface area contributed by atoms with Crippen molar-refractivity contribution in [3.05, 3.63) is 20.8 Å². The zero-order chi connectivity index (χ0) is 16.0. The largest absolute Gasteiger partial charge is 0.396 e. The van der Waals surface area contributed by atoms with E-state index in [4.69, 9.17) is 5.11 Å². The second-order valence-electron chi connectivity index (χ2n) is 5.41. The molecule has 0 bridgehead atoms. The molecule has 3 rings (SSSR count). The predicted molar refractivity (Wildman–Crippen MR) is 82.4 cm³/mol. The number of aliphatic hydroxyl groups is 1. The van der Waals surface area contributed by atoms with Gasteiger partial charge in [-0.25, -0.2) is 9.80 Å². The molecule has 0 fully saturated rings. The van der Waals surface area contributed by atoms with Crippen LogP contribution in [0.25, 0.3) is 11.2 Å². The van der Waals surface area contributed by atoms with Crippen LogP contribution in [0.2, 0.25) is 0 Å². The van der Waals surface area contributed by atoms with Gasteiger partial charge >= 0.3 is 5.69 Å². The Bertz CT molecular complexity index is 888. The third kappa shape index (κ3) is 1.97. The second-order valence-corrected chi connectivity index (χ2v) is 5.41. The van der Waals surface area contributed by atoms with Crippen LogP contribution in [0.4, 0.5) is 5.95 Å². The highest BCUT2D eigenvalue weighted by atomic mass is 16.3. The fraction of sp³-hybridized carbons (Fsp3) is 0.538. The number of rotatable bonds is 3. The Morgan fingerprint density at radius 3 is 2.64 bits per heavy atom. The van der Waals surface area contributed by atoms with Crippen molar-refractivity contribution in [2.45, 2.75) is 19.9 Å². The van der Waals surface area contributed by atoms with Gasteiger partial charge in [0.25, 0.3) is 5.56 Å². The van der Waals surface area contributed by atoms with E-state index in [1.54, 1.807) is 16.6 Å². The standard InChI is InChI=1S/C13H18N6O3/c1-8-7-18-9-10(16(2)13(22)17(3)11(9)21)14-12(18)19(15-8)5-4-6-20/h20H,4-7H2,1-3H3. The van der Waals surface area contributed by atoms with Crippen LogP contribution in [0.5, 0.6) is 0 Å². The number of anilines is 1. The summed E-state index contributed by atoms with van der Waals surface area (Å²) in [6.45, 7) is 2.86. The minimum atomic E-state index is -0.410. The minimum Gasteiger partial charge on any atom is -0.396 e. The first-order chi connectivity index (χ1) is 10.5. The van der Waals surface area contributed by atoms with E-state index in [9.17, 15) is 9.59 Å². The quantitative estimate of drug-likeness (QED) is 0.785. The van der Waals surface area contributed by atoms with E-state index in [1.165, 1.54) is 11.6 Å². The lowest BCUT2D eigenvalue weighted by molar-refractivity contribution is 0.289. The van der Waals surface area contributed by atoms with Gasteiger partial charge in [0.2, 0.25) is 5.95 Å². The highest BCUT2D eigenvalue weighted by Crippen LogP contribution is 2.23. The van der Waals surface area contributed by atoms with Gasteiger partial charge in [-0.05, 0) is 13.3 Å². The second kappa shape index (κ2) is 5.09. The van der Waals surface area contributed by atoms with Crippen molar-refractivity contribution in [2.24, 2.45) is 19.2 Å². The maximum absolute atomic E-state index is 12.5. The van der Waals surface area contributed by atoms with Gasteiger partial charge < -0.3 is 5.11 Å². The Balaban J connectivity index is 2.30. The first-order valence-corrected chi connectivity index (χ1v) is 7.04. The Hall–Kier alpha value is -2.42. The van der Waals surface area contributed by atoms with Crippen molar-refractivity contribution in [1.29, 1.82) is 0 Å². The maximum atomic E-state index is 12.5. The van der Waals surface area contributed by atoms with Gasteiger partial charge in [-0.15, -0.1) is 0 Å². The monoisotopic (exact) mass is 306 g/mol. The normalized spacial score (nSPS) is 14.4. The molecule has 1 aliphatic rings. The zero-order valence-corrected chi connectivity index (χ0v) is 12.8. The number of imidazole rings is 1. The van der Waals surface area contributed by atoms with Crippen LogP contribution in [0.15, 0.2) is 14.7 Å². The van der Waals surface area contributed by atoms with Crippen LogP contribution < -0.4 is 16.3 Å². The molecule has 9 nitrogen and oxygen atoms in total. The van der Waals surface area contributed by atoms with Gasteiger partial charge in [0.15, 0.2) is 11.2 Å². The molecule has 2 aromatic rings. The molecule has 0 saturated carbocycles. The average Bonchev–Trinajstić information content (AvgIpc) is 2.87. The number of hydrazone groups is 1. The van der Waals surface area contributed by atoms with Crippen LogP contribution in [-0.4, -0.2) is 42.7 Å². The van der Waals surface area contributed by atoms with Crippen molar-refractivity contribution < 1.29 is 5.11 Å². The lowest BCUT2D eigenvalue weighted by atomic mass is 10.3. The van der Waals surface area contributed by atoms with E-state index < -0.39 is 5.69 Å². The minimum absolute atomic E-state index is 0.0472. The number of aliphatic hydroxyl groups excluding tert-OH is 1. The topological polar surface area (TPSA) is 97.7 Å². The summed E-state index contributed by atoms with van der Waals surface area (Å²) in [4.78, 5) is 28.9. The molecule has 0 aromatic carbocycles. The van der Waals surface area contributed by atoms with Gasteiger partial charge in [0.05, 0.1) is 12.3 Å². The smallest absolute Gasteiger partial charge is 0.332 e. The number of nitrogens with zero attached hydrogens (tertiary/aromatic N) is 6. The number of aromatic nitrogens is 4. The lowest BCUT2D eigenvalue weighted by Gasteiger charge is -2.24. The molecule has 1 aliphatic heterocycles. The van der Waals surface area contributed by atoms with Gasteiger partial charge in [-0.3, -0.25) is 18.5 Å². The summed E-state index contributed by atoms with van der Waals surface area (Å²) in [5.74, 6) is 0.521. The van der Waals surface area contributed by atoms with E-state index in [0.717, 1.165) is 10.3 Å². The molecule has 22 heavy (non-hydrogen) atoms. The Labute approximate surface area is 125 Å². The molecule has 0 amide bonds. The number of fused-ring (bicyclic) bond motifs is 3. The molecule has 0 radical (unpaired) electrons. The fourth-order valence-corrected chi connectivity index (χ4v) is 2.66. The van der Waals surface area contributed by atoms with Crippen LogP contribution in [-0.2, 0) is 20.6 Å². The van der Waals surface area contributed by atoms with Crippen molar-refractivity contribution in [3.63, 3.8) is 0 Å². The summed E-state index contributed by atoms with van der Waals surface area (Å²) in [6, 6.07) is 0. The molecule has 0 saturated heterocycles. The molecular weight excluding hydrogens is 288 g/mol. The molecule has 2 aromatic heterocycles. The molecule has 0 spiro atoms. The Morgan fingerprint density at radius 1 is 1.23 bits per heavy atom.